The van der Waals surface area contributed by atoms with Crippen molar-refractivity contribution < 1.29 is 23.6 Å². The lowest BCUT2D eigenvalue weighted by atomic mass is 9.95. The van der Waals surface area contributed by atoms with E-state index in [-0.39, 0.29) is 24.5 Å². The molecule has 2 aliphatic rings. The smallest absolute Gasteiger partial charge is 0.232 e. The van der Waals surface area contributed by atoms with Crippen molar-refractivity contribution in [3.8, 4) is 11.5 Å². The van der Waals surface area contributed by atoms with E-state index in [2.05, 4.69) is 15.5 Å². The van der Waals surface area contributed by atoms with E-state index in [0.717, 1.165) is 5.56 Å². The van der Waals surface area contributed by atoms with Crippen LogP contribution >= 0.6 is 0 Å². The van der Waals surface area contributed by atoms with Gasteiger partial charge in [0.1, 0.15) is 0 Å². The van der Waals surface area contributed by atoms with E-state index >= 15 is 0 Å². The first-order valence-corrected chi connectivity index (χ1v) is 8.73. The van der Waals surface area contributed by atoms with Gasteiger partial charge in [0, 0.05) is 26.6 Å². The number of ether oxygens (including phenoxy) is 2. The number of aryl methyl sites for hydroxylation is 1. The summed E-state index contributed by atoms with van der Waals surface area (Å²) < 4.78 is 15.9. The van der Waals surface area contributed by atoms with Gasteiger partial charge in [-0.3, -0.25) is 9.59 Å². The predicted molar refractivity (Wildman–Crippen MR) is 91.9 cm³/mol. The minimum absolute atomic E-state index is 0.0812. The monoisotopic (exact) mass is 372 g/mol. The molecule has 2 aromatic rings. The van der Waals surface area contributed by atoms with Crippen LogP contribution in [0.1, 0.15) is 30.1 Å². The lowest BCUT2D eigenvalue weighted by molar-refractivity contribution is -0.128. The molecule has 1 N–H and O–H groups in total. The number of likely N-dealkylation sites (tertiary alicyclic amines) is 1. The SMILES string of the molecule is CC(=O)N1C[C@@H](C(=O)NCc2ccc3c(c2)OCO3)[C@H](c2nc(C)no2)C1. The van der Waals surface area contributed by atoms with E-state index < -0.39 is 5.92 Å². The Kier molecular flexibility index (Phi) is 4.43. The van der Waals surface area contributed by atoms with Gasteiger partial charge in [0.05, 0.1) is 11.8 Å². The number of carbonyl (C=O) groups excluding carboxylic acids is 2. The molecule has 1 aromatic heterocycles. The molecule has 0 bridgehead atoms. The number of benzene rings is 1. The molecule has 4 rings (SSSR count). The van der Waals surface area contributed by atoms with Crippen LogP contribution in [0.2, 0.25) is 0 Å². The third-order valence-corrected chi connectivity index (χ3v) is 4.87. The second kappa shape index (κ2) is 6.90. The average Bonchev–Trinajstić information content (AvgIpc) is 3.37. The standard InChI is InChI=1S/C18H20N4O5/c1-10-20-18(27-21-10)14-8-22(11(2)23)7-13(14)17(24)19-6-12-3-4-15-16(5-12)26-9-25-15/h3-5,13-14H,6-9H2,1-2H3,(H,19,24)/t13-,14-/m1/s1. The van der Waals surface area contributed by atoms with Gasteiger partial charge in [-0.05, 0) is 24.6 Å². The highest BCUT2D eigenvalue weighted by Crippen LogP contribution is 2.33. The molecule has 1 aromatic carbocycles. The minimum atomic E-state index is -0.442. The lowest BCUT2D eigenvalue weighted by Gasteiger charge is -2.15. The summed E-state index contributed by atoms with van der Waals surface area (Å²) in [6.45, 7) is 4.48. The molecular weight excluding hydrogens is 352 g/mol. The number of fused-ring (bicyclic) bond motifs is 1. The lowest BCUT2D eigenvalue weighted by Crippen LogP contribution is -2.35. The molecule has 1 saturated heterocycles. The number of rotatable bonds is 4. The van der Waals surface area contributed by atoms with Crippen LogP contribution in [0, 0.1) is 12.8 Å². The summed E-state index contributed by atoms with van der Waals surface area (Å²) in [5.74, 6) is 1.27. The molecule has 0 saturated carbocycles. The molecule has 2 aliphatic heterocycles. The van der Waals surface area contributed by atoms with Crippen LogP contribution in [-0.4, -0.2) is 46.7 Å². The number of hydrogen-bond acceptors (Lipinski definition) is 7. The van der Waals surface area contributed by atoms with Crippen LogP contribution in [0.4, 0.5) is 0 Å². The maximum absolute atomic E-state index is 12.8. The van der Waals surface area contributed by atoms with Crippen LogP contribution in [0.15, 0.2) is 22.7 Å². The zero-order valence-corrected chi connectivity index (χ0v) is 15.1. The Hall–Kier alpha value is -3.10. The molecule has 3 heterocycles. The molecule has 9 heteroatoms. The Morgan fingerprint density at radius 1 is 1.26 bits per heavy atom. The van der Waals surface area contributed by atoms with Crippen molar-refractivity contribution in [3.05, 3.63) is 35.5 Å². The Morgan fingerprint density at radius 2 is 2.07 bits per heavy atom. The van der Waals surface area contributed by atoms with E-state index in [1.807, 2.05) is 18.2 Å². The Balaban J connectivity index is 1.46. The van der Waals surface area contributed by atoms with Crippen LogP contribution in [0.5, 0.6) is 11.5 Å². The number of hydrogen-bond donors (Lipinski definition) is 1. The molecule has 2 amide bonds. The van der Waals surface area contributed by atoms with Crippen LogP contribution in [0.3, 0.4) is 0 Å². The highest BCUT2D eigenvalue weighted by atomic mass is 16.7. The van der Waals surface area contributed by atoms with Crippen LogP contribution in [-0.2, 0) is 16.1 Å². The zero-order chi connectivity index (χ0) is 19.0. The fourth-order valence-electron chi connectivity index (χ4n) is 3.41. The normalized spacial score (nSPS) is 20.7. The molecule has 1 fully saturated rings. The van der Waals surface area contributed by atoms with E-state index in [9.17, 15) is 9.59 Å². The van der Waals surface area contributed by atoms with Crippen molar-refractivity contribution in [2.45, 2.75) is 26.3 Å². The Bertz CT molecular complexity index is 880. The Labute approximate surface area is 155 Å². The predicted octanol–water partition coefficient (Wildman–Crippen LogP) is 0.985. The van der Waals surface area contributed by atoms with Gasteiger partial charge < -0.3 is 24.2 Å². The molecule has 0 spiro atoms. The fourth-order valence-corrected chi connectivity index (χ4v) is 3.41. The first-order chi connectivity index (χ1) is 13.0. The minimum Gasteiger partial charge on any atom is -0.454 e. The van der Waals surface area contributed by atoms with Gasteiger partial charge in [0.15, 0.2) is 17.3 Å². The molecule has 142 valence electrons. The highest BCUT2D eigenvalue weighted by molar-refractivity contribution is 5.82. The van der Waals surface area contributed by atoms with Gasteiger partial charge in [0.25, 0.3) is 0 Å². The summed E-state index contributed by atoms with van der Waals surface area (Å²) >= 11 is 0. The number of amides is 2. The molecule has 2 atom stereocenters. The van der Waals surface area contributed by atoms with Gasteiger partial charge in [-0.1, -0.05) is 11.2 Å². The fraction of sp³-hybridized carbons (Fsp3) is 0.444. The Morgan fingerprint density at radius 3 is 2.81 bits per heavy atom. The summed E-state index contributed by atoms with van der Waals surface area (Å²) in [5, 5.41) is 6.74. The number of nitrogens with zero attached hydrogens (tertiary/aromatic N) is 3. The average molecular weight is 372 g/mol. The number of carbonyl (C=O) groups is 2. The van der Waals surface area contributed by atoms with E-state index in [1.54, 1.807) is 11.8 Å². The van der Waals surface area contributed by atoms with Crippen LogP contribution in [0.25, 0.3) is 0 Å². The van der Waals surface area contributed by atoms with Crippen molar-refractivity contribution in [1.82, 2.24) is 20.4 Å². The quantitative estimate of drug-likeness (QED) is 0.853. The summed E-state index contributed by atoms with van der Waals surface area (Å²) in [7, 11) is 0. The molecule has 0 radical (unpaired) electrons. The number of aromatic nitrogens is 2. The highest BCUT2D eigenvalue weighted by Gasteiger charge is 2.42. The van der Waals surface area contributed by atoms with Crippen molar-refractivity contribution in [3.63, 3.8) is 0 Å². The largest absolute Gasteiger partial charge is 0.454 e. The second-order valence-electron chi connectivity index (χ2n) is 6.72. The van der Waals surface area contributed by atoms with E-state index in [0.29, 0.717) is 42.8 Å². The second-order valence-corrected chi connectivity index (χ2v) is 6.72. The molecule has 0 unspecified atom stereocenters. The summed E-state index contributed by atoms with van der Waals surface area (Å²) in [6.07, 6.45) is 0. The van der Waals surface area contributed by atoms with E-state index in [4.69, 9.17) is 14.0 Å². The van der Waals surface area contributed by atoms with Crippen molar-refractivity contribution in [2.75, 3.05) is 19.9 Å². The third kappa shape index (κ3) is 3.44. The summed E-state index contributed by atoms with van der Waals surface area (Å²) in [6, 6.07) is 5.54. The van der Waals surface area contributed by atoms with Gasteiger partial charge in [-0.25, -0.2) is 0 Å². The zero-order valence-electron chi connectivity index (χ0n) is 15.1. The van der Waals surface area contributed by atoms with Gasteiger partial charge in [-0.15, -0.1) is 0 Å². The molecule has 9 nitrogen and oxygen atoms in total. The van der Waals surface area contributed by atoms with Crippen molar-refractivity contribution in [1.29, 1.82) is 0 Å². The van der Waals surface area contributed by atoms with Gasteiger partial charge >= 0.3 is 0 Å². The van der Waals surface area contributed by atoms with Gasteiger partial charge in [0.2, 0.25) is 24.5 Å². The maximum Gasteiger partial charge on any atom is 0.232 e. The first-order valence-electron chi connectivity index (χ1n) is 8.73. The molecule has 27 heavy (non-hydrogen) atoms. The van der Waals surface area contributed by atoms with Crippen molar-refractivity contribution >= 4 is 11.8 Å². The van der Waals surface area contributed by atoms with E-state index in [1.165, 1.54) is 6.92 Å². The molecular formula is C18H20N4O5. The summed E-state index contributed by atoms with van der Waals surface area (Å²) in [5.41, 5.74) is 0.902. The van der Waals surface area contributed by atoms with Crippen molar-refractivity contribution in [2.24, 2.45) is 5.92 Å². The van der Waals surface area contributed by atoms with Crippen LogP contribution < -0.4 is 14.8 Å². The van der Waals surface area contributed by atoms with Gasteiger partial charge in [-0.2, -0.15) is 4.98 Å². The maximum atomic E-state index is 12.8. The first kappa shape index (κ1) is 17.3. The summed E-state index contributed by atoms with van der Waals surface area (Å²) in [4.78, 5) is 30.5. The topological polar surface area (TPSA) is 107 Å². The molecule has 0 aliphatic carbocycles. The third-order valence-electron chi connectivity index (χ3n) is 4.87. The number of nitrogens with one attached hydrogen (secondary N) is 1.